The third kappa shape index (κ3) is 5.55. The zero-order valence-electron chi connectivity index (χ0n) is 20.8. The van der Waals surface area contributed by atoms with Crippen LogP contribution in [0.15, 0.2) is 87.3 Å². The number of carbonyl (C=O) groups excluding carboxylic acids is 1. The summed E-state index contributed by atoms with van der Waals surface area (Å²) < 4.78 is 31.4. The zero-order chi connectivity index (χ0) is 26.7. The van der Waals surface area contributed by atoms with Gasteiger partial charge in [0.25, 0.3) is 5.56 Å². The summed E-state index contributed by atoms with van der Waals surface area (Å²) in [5.41, 5.74) is 1.83. The molecule has 9 nitrogen and oxygen atoms in total. The molecular weight excluding hydrogens is 492 g/mol. The highest BCUT2D eigenvalue weighted by Crippen LogP contribution is 2.20. The van der Waals surface area contributed by atoms with E-state index < -0.39 is 33.2 Å². The number of nitrogens with one attached hydrogen (secondary N) is 2. The maximum absolute atomic E-state index is 13.4. The fourth-order valence-corrected chi connectivity index (χ4v) is 5.39. The first-order chi connectivity index (χ1) is 17.6. The van der Waals surface area contributed by atoms with Crippen LogP contribution < -0.4 is 21.3 Å². The van der Waals surface area contributed by atoms with E-state index in [0.717, 1.165) is 15.7 Å². The van der Waals surface area contributed by atoms with E-state index in [9.17, 15) is 22.8 Å². The molecule has 4 aromatic rings. The van der Waals surface area contributed by atoms with Gasteiger partial charge in [0.2, 0.25) is 15.9 Å². The van der Waals surface area contributed by atoms with Gasteiger partial charge in [0.1, 0.15) is 6.04 Å². The van der Waals surface area contributed by atoms with Gasteiger partial charge in [0, 0.05) is 20.6 Å². The highest BCUT2D eigenvalue weighted by atomic mass is 32.2. The van der Waals surface area contributed by atoms with E-state index in [4.69, 9.17) is 0 Å². The average Bonchev–Trinajstić information content (AvgIpc) is 2.89. The van der Waals surface area contributed by atoms with Crippen molar-refractivity contribution in [3.05, 3.63) is 110 Å². The smallest absolute Gasteiger partial charge is 0.330 e. The Morgan fingerprint density at radius 2 is 1.65 bits per heavy atom. The molecule has 192 valence electrons. The second kappa shape index (κ2) is 10.5. The minimum atomic E-state index is -4.23. The van der Waals surface area contributed by atoms with Crippen molar-refractivity contribution in [1.29, 1.82) is 0 Å². The molecule has 3 aromatic carbocycles. The van der Waals surface area contributed by atoms with Crippen LogP contribution in [-0.4, -0.2) is 30.0 Å². The van der Waals surface area contributed by atoms with Crippen molar-refractivity contribution < 1.29 is 13.2 Å². The van der Waals surface area contributed by atoms with Crippen molar-refractivity contribution in [3.8, 4) is 0 Å². The number of hydrogen-bond donors (Lipinski definition) is 2. The number of aromatic nitrogens is 2. The molecule has 1 heterocycles. The van der Waals surface area contributed by atoms with Crippen LogP contribution in [0.4, 0.5) is 0 Å². The molecule has 0 saturated carbocycles. The van der Waals surface area contributed by atoms with E-state index >= 15 is 0 Å². The lowest BCUT2D eigenvalue weighted by Gasteiger charge is -2.19. The SMILES string of the molecule is Cc1cccc(CCNC(=O)C(NS(=O)(=O)c2ccc3c(c2)c(=O)n(C)c(=O)n3C)c2ccccc2)c1. The number of amides is 1. The van der Waals surface area contributed by atoms with Crippen LogP contribution in [0.5, 0.6) is 0 Å². The van der Waals surface area contributed by atoms with Gasteiger partial charge in [-0.05, 0) is 42.7 Å². The molecule has 0 bridgehead atoms. The van der Waals surface area contributed by atoms with Crippen molar-refractivity contribution in [3.63, 3.8) is 0 Å². The summed E-state index contributed by atoms with van der Waals surface area (Å²) in [5.74, 6) is -0.499. The number of sulfonamides is 1. The van der Waals surface area contributed by atoms with Gasteiger partial charge in [-0.2, -0.15) is 4.72 Å². The number of aryl methyl sites for hydroxylation is 2. The van der Waals surface area contributed by atoms with Crippen molar-refractivity contribution in [1.82, 2.24) is 19.2 Å². The molecule has 1 amide bonds. The van der Waals surface area contributed by atoms with Crippen LogP contribution in [0.2, 0.25) is 0 Å². The number of rotatable bonds is 8. The molecule has 1 unspecified atom stereocenters. The summed E-state index contributed by atoms with van der Waals surface area (Å²) in [6, 6.07) is 19.2. The highest BCUT2D eigenvalue weighted by Gasteiger charge is 2.27. The molecule has 0 aliphatic carbocycles. The standard InChI is InChI=1S/C27H28N4O5S/c1-18-8-7-9-19(16-18)14-15-28-25(32)24(20-10-5-4-6-11-20)29-37(35,36)21-12-13-23-22(17-21)26(33)31(3)27(34)30(23)2/h4-13,16-17,24,29H,14-15H2,1-3H3,(H,28,32). The van der Waals surface area contributed by atoms with Gasteiger partial charge in [-0.25, -0.2) is 13.2 Å². The molecule has 0 spiro atoms. The molecule has 37 heavy (non-hydrogen) atoms. The molecule has 0 radical (unpaired) electrons. The molecule has 2 N–H and O–H groups in total. The fraction of sp³-hybridized carbons (Fsp3) is 0.222. The third-order valence-electron chi connectivity index (χ3n) is 6.21. The highest BCUT2D eigenvalue weighted by molar-refractivity contribution is 7.89. The minimum Gasteiger partial charge on any atom is -0.354 e. The molecule has 0 saturated heterocycles. The Kier molecular flexibility index (Phi) is 7.42. The topological polar surface area (TPSA) is 119 Å². The number of carbonyl (C=O) groups is 1. The lowest BCUT2D eigenvalue weighted by Crippen LogP contribution is -2.41. The summed E-state index contributed by atoms with van der Waals surface area (Å²) in [5, 5.41) is 2.90. The molecule has 0 aliphatic rings. The molecule has 1 aromatic heterocycles. The van der Waals surface area contributed by atoms with Gasteiger partial charge in [-0.1, -0.05) is 60.2 Å². The van der Waals surface area contributed by atoms with Gasteiger partial charge in [0.15, 0.2) is 0 Å². The van der Waals surface area contributed by atoms with Crippen LogP contribution >= 0.6 is 0 Å². The van der Waals surface area contributed by atoms with Crippen molar-refractivity contribution in [2.45, 2.75) is 24.3 Å². The number of fused-ring (bicyclic) bond motifs is 1. The van der Waals surface area contributed by atoms with E-state index in [1.165, 1.54) is 36.9 Å². The second-order valence-electron chi connectivity index (χ2n) is 8.88. The van der Waals surface area contributed by atoms with Crippen molar-refractivity contribution in [2.24, 2.45) is 14.1 Å². The molecule has 0 aliphatic heterocycles. The van der Waals surface area contributed by atoms with Gasteiger partial charge in [-0.3, -0.25) is 18.7 Å². The van der Waals surface area contributed by atoms with Crippen LogP contribution in [-0.2, 0) is 35.3 Å². The van der Waals surface area contributed by atoms with Gasteiger partial charge in [0.05, 0.1) is 15.8 Å². The number of hydrogen-bond acceptors (Lipinski definition) is 5. The Hall–Kier alpha value is -4.02. The Morgan fingerprint density at radius 3 is 2.35 bits per heavy atom. The largest absolute Gasteiger partial charge is 0.354 e. The average molecular weight is 521 g/mol. The zero-order valence-corrected chi connectivity index (χ0v) is 21.6. The maximum atomic E-state index is 13.4. The predicted molar refractivity (Wildman–Crippen MR) is 142 cm³/mol. The first kappa shape index (κ1) is 26.1. The molecule has 10 heteroatoms. The fourth-order valence-electron chi connectivity index (χ4n) is 4.18. The summed E-state index contributed by atoms with van der Waals surface area (Å²) in [6.07, 6.45) is 0.592. The summed E-state index contributed by atoms with van der Waals surface area (Å²) in [6.45, 7) is 2.32. The minimum absolute atomic E-state index is 0.0753. The monoisotopic (exact) mass is 520 g/mol. The van der Waals surface area contributed by atoms with E-state index in [2.05, 4.69) is 10.0 Å². The molecular formula is C27H28N4O5S. The molecule has 1 atom stereocenters. The predicted octanol–water partition coefficient (Wildman–Crippen LogP) is 1.92. The van der Waals surface area contributed by atoms with E-state index in [-0.39, 0.29) is 10.3 Å². The Morgan fingerprint density at radius 1 is 0.919 bits per heavy atom. The van der Waals surface area contributed by atoms with Crippen LogP contribution in [0.25, 0.3) is 10.9 Å². The van der Waals surface area contributed by atoms with Gasteiger partial charge >= 0.3 is 5.69 Å². The molecule has 0 fully saturated rings. The first-order valence-corrected chi connectivity index (χ1v) is 13.2. The Bertz CT molecular complexity index is 1690. The normalized spacial score (nSPS) is 12.4. The van der Waals surface area contributed by atoms with Crippen LogP contribution in [0.1, 0.15) is 22.7 Å². The second-order valence-corrected chi connectivity index (χ2v) is 10.6. The summed E-state index contributed by atoms with van der Waals surface area (Å²) in [4.78, 5) is 37.8. The lowest BCUT2D eigenvalue weighted by molar-refractivity contribution is -0.122. The van der Waals surface area contributed by atoms with Crippen molar-refractivity contribution in [2.75, 3.05) is 6.54 Å². The summed E-state index contributed by atoms with van der Waals surface area (Å²) >= 11 is 0. The van der Waals surface area contributed by atoms with Crippen LogP contribution in [0, 0.1) is 6.92 Å². The van der Waals surface area contributed by atoms with E-state index in [1.807, 2.05) is 31.2 Å². The molecule has 4 rings (SSSR count). The summed E-state index contributed by atoms with van der Waals surface area (Å²) in [7, 11) is -1.39. The number of benzene rings is 3. The van der Waals surface area contributed by atoms with Gasteiger partial charge in [-0.15, -0.1) is 0 Å². The van der Waals surface area contributed by atoms with Crippen LogP contribution in [0.3, 0.4) is 0 Å². The first-order valence-electron chi connectivity index (χ1n) is 11.7. The lowest BCUT2D eigenvalue weighted by atomic mass is 10.1. The van der Waals surface area contributed by atoms with Crippen molar-refractivity contribution >= 4 is 26.8 Å². The third-order valence-corrected chi connectivity index (χ3v) is 7.63. The van der Waals surface area contributed by atoms with Gasteiger partial charge < -0.3 is 5.32 Å². The Balaban J connectivity index is 1.62. The van der Waals surface area contributed by atoms with E-state index in [1.54, 1.807) is 30.3 Å². The number of nitrogens with zero attached hydrogens (tertiary/aromatic N) is 2. The maximum Gasteiger partial charge on any atom is 0.330 e. The Labute approximate surface area is 214 Å². The van der Waals surface area contributed by atoms with E-state index in [0.29, 0.717) is 24.0 Å². The quantitative estimate of drug-likeness (QED) is 0.368.